The maximum Gasteiger partial charge on any atom is 0.293 e. The molecule has 1 saturated heterocycles. The molecule has 2 aromatic rings. The highest BCUT2D eigenvalue weighted by atomic mass is 127. The predicted octanol–water partition coefficient (Wildman–Crippen LogP) is 5.85. The molecular weight excluding hydrogens is 536 g/mol. The summed E-state index contributed by atoms with van der Waals surface area (Å²) in [7, 11) is 3.00. The van der Waals surface area contributed by atoms with Crippen molar-refractivity contribution in [2.45, 2.75) is 6.61 Å². The topological polar surface area (TPSA) is 55.8 Å². The number of ether oxygens (including phenoxy) is 2. The van der Waals surface area contributed by atoms with Gasteiger partial charge in [-0.15, -0.1) is 0 Å². The molecule has 9 heteroatoms. The minimum absolute atomic E-state index is 0.246. The molecule has 2 aromatic carbocycles. The van der Waals surface area contributed by atoms with Gasteiger partial charge in [-0.25, -0.2) is 0 Å². The van der Waals surface area contributed by atoms with E-state index in [9.17, 15) is 9.59 Å². The van der Waals surface area contributed by atoms with Gasteiger partial charge in [0.15, 0.2) is 11.5 Å². The van der Waals surface area contributed by atoms with E-state index < -0.39 is 0 Å². The third-order valence-corrected chi connectivity index (χ3v) is 6.27. The number of carbonyl (C=O) groups is 2. The fourth-order valence-electron chi connectivity index (χ4n) is 2.45. The molecule has 0 aliphatic carbocycles. The summed E-state index contributed by atoms with van der Waals surface area (Å²) in [6.07, 6.45) is 1.67. The van der Waals surface area contributed by atoms with Crippen molar-refractivity contribution < 1.29 is 19.1 Å². The monoisotopic (exact) mass is 549 g/mol. The molecule has 2 amide bonds. The van der Waals surface area contributed by atoms with Crippen molar-refractivity contribution in [1.29, 1.82) is 0 Å². The highest BCUT2D eigenvalue weighted by Crippen LogP contribution is 2.37. The van der Waals surface area contributed by atoms with Crippen LogP contribution in [0.2, 0.25) is 10.0 Å². The van der Waals surface area contributed by atoms with Gasteiger partial charge < -0.3 is 9.47 Å². The van der Waals surface area contributed by atoms with Crippen molar-refractivity contribution in [2.75, 3.05) is 14.2 Å². The first-order valence-corrected chi connectivity index (χ1v) is 10.6. The van der Waals surface area contributed by atoms with Crippen LogP contribution in [0.5, 0.6) is 11.5 Å². The van der Waals surface area contributed by atoms with Crippen LogP contribution in [0.3, 0.4) is 0 Å². The first-order valence-electron chi connectivity index (χ1n) is 7.96. The second-order valence-corrected chi connectivity index (χ2v) is 8.80. The van der Waals surface area contributed by atoms with E-state index >= 15 is 0 Å². The van der Waals surface area contributed by atoms with Gasteiger partial charge in [0.05, 0.1) is 15.6 Å². The second-order valence-electron chi connectivity index (χ2n) is 5.80. The number of nitrogens with zero attached hydrogens (tertiary/aromatic N) is 1. The Morgan fingerprint density at radius 1 is 1.21 bits per heavy atom. The Morgan fingerprint density at radius 2 is 1.96 bits per heavy atom. The molecule has 0 bridgehead atoms. The minimum Gasteiger partial charge on any atom is -0.493 e. The van der Waals surface area contributed by atoms with Crippen molar-refractivity contribution in [3.8, 4) is 11.5 Å². The molecule has 0 N–H and O–H groups in total. The summed E-state index contributed by atoms with van der Waals surface area (Å²) in [5.41, 5.74) is 1.53. The van der Waals surface area contributed by atoms with E-state index in [0.29, 0.717) is 26.4 Å². The van der Waals surface area contributed by atoms with Gasteiger partial charge in [0.2, 0.25) is 0 Å². The van der Waals surface area contributed by atoms with Crippen LogP contribution in [0, 0.1) is 3.57 Å². The zero-order chi connectivity index (χ0) is 20.4. The zero-order valence-electron chi connectivity index (χ0n) is 14.8. The Balaban J connectivity index is 1.86. The number of rotatable bonds is 5. The van der Waals surface area contributed by atoms with E-state index in [-0.39, 0.29) is 17.8 Å². The van der Waals surface area contributed by atoms with Crippen LogP contribution in [0.15, 0.2) is 35.2 Å². The third kappa shape index (κ3) is 4.59. The van der Waals surface area contributed by atoms with Crippen molar-refractivity contribution in [3.63, 3.8) is 0 Å². The number of carbonyl (C=O) groups excluding carboxylic acids is 2. The van der Waals surface area contributed by atoms with E-state index in [4.69, 9.17) is 32.7 Å². The maximum atomic E-state index is 12.1. The molecule has 3 rings (SSSR count). The molecule has 0 saturated carbocycles. The Morgan fingerprint density at radius 3 is 2.57 bits per heavy atom. The van der Waals surface area contributed by atoms with Gasteiger partial charge in [-0.1, -0.05) is 29.3 Å². The van der Waals surface area contributed by atoms with E-state index in [2.05, 4.69) is 22.6 Å². The third-order valence-electron chi connectivity index (χ3n) is 3.92. The lowest BCUT2D eigenvalue weighted by molar-refractivity contribution is -0.121. The van der Waals surface area contributed by atoms with Crippen LogP contribution in [-0.4, -0.2) is 30.2 Å². The first kappa shape index (κ1) is 21.3. The molecule has 0 aromatic heterocycles. The number of likely N-dealkylation sites (N-methyl/N-ethyl adjacent to an activating group) is 1. The van der Waals surface area contributed by atoms with Gasteiger partial charge in [-0.2, -0.15) is 0 Å². The zero-order valence-corrected chi connectivity index (χ0v) is 19.3. The second kappa shape index (κ2) is 8.94. The van der Waals surface area contributed by atoms with Crippen molar-refractivity contribution >= 4 is 74.8 Å². The van der Waals surface area contributed by atoms with Crippen LogP contribution < -0.4 is 9.47 Å². The molecule has 0 unspecified atom stereocenters. The fourth-order valence-corrected chi connectivity index (χ4v) is 4.52. The summed E-state index contributed by atoms with van der Waals surface area (Å²) in [6, 6.07) is 8.82. The highest BCUT2D eigenvalue weighted by Gasteiger charge is 2.31. The van der Waals surface area contributed by atoms with Gasteiger partial charge in [-0.05, 0) is 70.3 Å². The molecule has 146 valence electrons. The van der Waals surface area contributed by atoms with Crippen LogP contribution in [0.25, 0.3) is 6.08 Å². The molecule has 1 aliphatic rings. The average molecular weight is 550 g/mol. The lowest BCUT2D eigenvalue weighted by atomic mass is 10.1. The average Bonchev–Trinajstić information content (AvgIpc) is 2.88. The predicted molar refractivity (Wildman–Crippen MR) is 120 cm³/mol. The number of halogens is 3. The normalized spacial score (nSPS) is 15.5. The molecule has 0 spiro atoms. The first-order chi connectivity index (χ1) is 13.3. The van der Waals surface area contributed by atoms with Crippen molar-refractivity contribution in [3.05, 3.63) is 60.0 Å². The lowest BCUT2D eigenvalue weighted by Crippen LogP contribution is -2.22. The standard InChI is InChI=1S/C19H14Cl2INO4S/c1-23-18(24)16(28-19(23)25)7-10-5-14(22)17(15(6-10)26-2)27-9-11-3-4-12(20)8-13(11)21/h3-8H,9H2,1-2H3/b16-7-. The number of amides is 2. The van der Waals surface area contributed by atoms with E-state index in [1.54, 1.807) is 30.3 Å². The van der Waals surface area contributed by atoms with E-state index in [1.807, 2.05) is 6.07 Å². The summed E-state index contributed by atoms with van der Waals surface area (Å²) in [4.78, 5) is 25.2. The molecule has 0 radical (unpaired) electrons. The van der Waals surface area contributed by atoms with Gasteiger partial charge in [0.25, 0.3) is 11.1 Å². The minimum atomic E-state index is -0.318. The number of hydrogen-bond acceptors (Lipinski definition) is 5. The Bertz CT molecular complexity index is 996. The highest BCUT2D eigenvalue weighted by molar-refractivity contribution is 14.1. The number of imide groups is 1. The number of benzene rings is 2. The number of thioether (sulfide) groups is 1. The Labute approximate surface area is 190 Å². The smallest absolute Gasteiger partial charge is 0.293 e. The lowest BCUT2D eigenvalue weighted by Gasteiger charge is -2.14. The molecule has 1 fully saturated rings. The van der Waals surface area contributed by atoms with Gasteiger partial charge >= 0.3 is 0 Å². The molecule has 1 heterocycles. The quantitative estimate of drug-likeness (QED) is 0.346. The molecule has 5 nitrogen and oxygen atoms in total. The van der Waals surface area contributed by atoms with Gasteiger partial charge in [-0.3, -0.25) is 14.5 Å². The van der Waals surface area contributed by atoms with Crippen LogP contribution >= 0.6 is 57.6 Å². The Kier molecular flexibility index (Phi) is 6.80. The number of hydrogen-bond donors (Lipinski definition) is 0. The van der Waals surface area contributed by atoms with Crippen LogP contribution in [-0.2, 0) is 11.4 Å². The van der Waals surface area contributed by atoms with Gasteiger partial charge in [0, 0.05) is 22.7 Å². The van der Waals surface area contributed by atoms with Crippen molar-refractivity contribution in [2.24, 2.45) is 0 Å². The fraction of sp³-hybridized carbons (Fsp3) is 0.158. The number of methoxy groups -OCH3 is 1. The molecular formula is C19H14Cl2INO4S. The van der Waals surface area contributed by atoms with Crippen LogP contribution in [0.4, 0.5) is 4.79 Å². The van der Waals surface area contributed by atoms with Gasteiger partial charge in [0.1, 0.15) is 6.61 Å². The van der Waals surface area contributed by atoms with Crippen LogP contribution in [0.1, 0.15) is 11.1 Å². The SMILES string of the molecule is COc1cc(/C=C2\SC(=O)N(C)C2=O)cc(I)c1OCc1ccc(Cl)cc1Cl. The van der Waals surface area contributed by atoms with E-state index in [0.717, 1.165) is 31.4 Å². The molecule has 0 atom stereocenters. The largest absolute Gasteiger partial charge is 0.493 e. The molecule has 28 heavy (non-hydrogen) atoms. The maximum absolute atomic E-state index is 12.1. The Hall–Kier alpha value is -1.42. The summed E-state index contributed by atoms with van der Waals surface area (Å²) in [5.74, 6) is 0.760. The molecule has 1 aliphatic heterocycles. The summed E-state index contributed by atoms with van der Waals surface area (Å²) < 4.78 is 12.2. The summed E-state index contributed by atoms with van der Waals surface area (Å²) in [6.45, 7) is 0.246. The van der Waals surface area contributed by atoms with Crippen molar-refractivity contribution in [1.82, 2.24) is 4.90 Å². The summed E-state index contributed by atoms with van der Waals surface area (Å²) >= 11 is 15.2. The van der Waals surface area contributed by atoms with E-state index in [1.165, 1.54) is 14.2 Å². The summed E-state index contributed by atoms with van der Waals surface area (Å²) in [5, 5.41) is 0.785.